The van der Waals surface area contributed by atoms with Gasteiger partial charge in [-0.2, -0.15) is 9.61 Å². The molecule has 0 aliphatic carbocycles. The summed E-state index contributed by atoms with van der Waals surface area (Å²) in [6.45, 7) is 0. The minimum absolute atomic E-state index is 0.0236. The van der Waals surface area contributed by atoms with Crippen LogP contribution in [-0.2, 0) is 12.8 Å². The first-order chi connectivity index (χ1) is 16.2. The highest BCUT2D eigenvalue weighted by atomic mass is 16.6. The molecular formula is C20H14N8O6. The number of hydrogen-bond acceptors (Lipinski definition) is 11. The van der Waals surface area contributed by atoms with Crippen LogP contribution in [0.4, 0.5) is 17.3 Å². The van der Waals surface area contributed by atoms with Gasteiger partial charge in [-0.3, -0.25) is 29.8 Å². The summed E-state index contributed by atoms with van der Waals surface area (Å²) in [5, 5.41) is 33.4. The maximum atomic E-state index is 12.8. The molecule has 0 saturated heterocycles. The van der Waals surface area contributed by atoms with Crippen molar-refractivity contribution in [2.45, 2.75) is 12.8 Å². The lowest BCUT2D eigenvalue weighted by molar-refractivity contribution is -0.385. The molecule has 0 fully saturated rings. The Hall–Kier alpha value is -5.14. The Morgan fingerprint density at radius 1 is 0.794 bits per heavy atom. The molecule has 170 valence electrons. The van der Waals surface area contributed by atoms with E-state index < -0.39 is 21.4 Å². The van der Waals surface area contributed by atoms with E-state index >= 15 is 0 Å². The molecule has 14 nitrogen and oxygen atoms in total. The van der Waals surface area contributed by atoms with Gasteiger partial charge in [0, 0.05) is 35.4 Å². The fraction of sp³-hybridized carbons (Fsp3) is 0.100. The van der Waals surface area contributed by atoms with E-state index in [0.717, 1.165) is 4.52 Å². The highest BCUT2D eigenvalue weighted by Gasteiger charge is 2.20. The Kier molecular flexibility index (Phi) is 5.70. The Morgan fingerprint density at radius 2 is 1.26 bits per heavy atom. The van der Waals surface area contributed by atoms with Gasteiger partial charge in [0.05, 0.1) is 34.1 Å². The summed E-state index contributed by atoms with van der Waals surface area (Å²) in [7, 11) is 0. The van der Waals surface area contributed by atoms with E-state index in [0.29, 0.717) is 0 Å². The number of nitro groups is 2. The van der Waals surface area contributed by atoms with Crippen LogP contribution in [0.1, 0.15) is 32.1 Å². The van der Waals surface area contributed by atoms with Gasteiger partial charge in [-0.15, -0.1) is 10.2 Å². The van der Waals surface area contributed by atoms with Crippen molar-refractivity contribution in [1.29, 1.82) is 0 Å². The van der Waals surface area contributed by atoms with E-state index in [1.807, 2.05) is 0 Å². The molecule has 2 aromatic heterocycles. The van der Waals surface area contributed by atoms with Crippen molar-refractivity contribution in [1.82, 2.24) is 24.8 Å². The van der Waals surface area contributed by atoms with E-state index in [1.165, 1.54) is 48.5 Å². The summed E-state index contributed by atoms with van der Waals surface area (Å²) in [6.07, 6.45) is -0.543. The van der Waals surface area contributed by atoms with Gasteiger partial charge in [-0.1, -0.05) is 0 Å². The second-order valence-electron chi connectivity index (χ2n) is 7.08. The van der Waals surface area contributed by atoms with Gasteiger partial charge in [0.2, 0.25) is 5.95 Å². The largest absolute Gasteiger partial charge is 0.366 e. The average molecular weight is 462 g/mol. The first-order valence-corrected chi connectivity index (χ1v) is 9.65. The van der Waals surface area contributed by atoms with Crippen LogP contribution in [0.25, 0.3) is 5.78 Å². The number of fused-ring (bicyclic) bond motifs is 1. The zero-order valence-corrected chi connectivity index (χ0v) is 17.2. The van der Waals surface area contributed by atoms with E-state index in [-0.39, 0.29) is 58.5 Å². The highest BCUT2D eigenvalue weighted by molar-refractivity contribution is 5.99. The number of carbonyl (C=O) groups excluding carboxylic acids is 2. The first-order valence-electron chi connectivity index (χ1n) is 9.65. The number of nitrogens with zero attached hydrogens (tertiary/aromatic N) is 7. The molecule has 4 rings (SSSR count). The number of Topliss-reactive ketones (excluding diaryl/α,β-unsaturated/α-hetero) is 2. The van der Waals surface area contributed by atoms with Gasteiger partial charge in [0.1, 0.15) is 0 Å². The van der Waals surface area contributed by atoms with Gasteiger partial charge < -0.3 is 5.73 Å². The highest BCUT2D eigenvalue weighted by Crippen LogP contribution is 2.18. The topological polar surface area (TPSA) is 202 Å². The van der Waals surface area contributed by atoms with E-state index in [1.54, 1.807) is 0 Å². The van der Waals surface area contributed by atoms with Crippen LogP contribution in [0.15, 0.2) is 48.5 Å². The summed E-state index contributed by atoms with van der Waals surface area (Å²) >= 11 is 0. The predicted octanol–water partition coefficient (Wildman–Crippen LogP) is 1.77. The number of nitro benzene ring substituents is 2. The molecule has 4 aromatic rings. The van der Waals surface area contributed by atoms with Crippen LogP contribution in [0.5, 0.6) is 0 Å². The van der Waals surface area contributed by atoms with Gasteiger partial charge in [-0.25, -0.2) is 4.98 Å². The number of carbonyl (C=O) groups is 2. The second-order valence-corrected chi connectivity index (χ2v) is 7.08. The number of benzene rings is 2. The third kappa shape index (κ3) is 4.40. The zero-order valence-electron chi connectivity index (χ0n) is 17.2. The fourth-order valence-corrected chi connectivity index (χ4v) is 3.14. The fourth-order valence-electron chi connectivity index (χ4n) is 3.14. The van der Waals surface area contributed by atoms with Crippen molar-refractivity contribution in [3.8, 4) is 0 Å². The number of rotatable bonds is 8. The molecule has 0 spiro atoms. The SMILES string of the molecule is Nc1nnc2nc(CC(=O)c3ccc([N+](=O)[O-])cc3)c(CC(=O)c3ccc([N+](=O)[O-])cc3)nn12. The number of hydrogen-bond donors (Lipinski definition) is 1. The number of anilines is 1. The zero-order chi connectivity index (χ0) is 24.4. The predicted molar refractivity (Wildman–Crippen MR) is 115 cm³/mol. The van der Waals surface area contributed by atoms with Crippen molar-refractivity contribution >= 4 is 34.7 Å². The Bertz CT molecular complexity index is 1450. The van der Waals surface area contributed by atoms with Crippen molar-refractivity contribution in [2.75, 3.05) is 5.73 Å². The standard InChI is InChI=1S/C20H14N8O6/c21-19-23-24-20-22-15(9-17(29)11-1-5-13(6-2-11)27(31)32)16(25-26(19)20)10-18(30)12-3-7-14(8-4-12)28(33)34/h1-8H,9-10H2,(H2,21,23). The number of nitrogens with two attached hydrogens (primary N) is 1. The molecule has 0 saturated carbocycles. The van der Waals surface area contributed by atoms with Crippen LogP contribution in [0, 0.1) is 20.2 Å². The molecule has 14 heteroatoms. The van der Waals surface area contributed by atoms with E-state index in [9.17, 15) is 29.8 Å². The van der Waals surface area contributed by atoms with Crippen molar-refractivity contribution in [3.63, 3.8) is 0 Å². The Morgan fingerprint density at radius 3 is 1.74 bits per heavy atom. The normalized spacial score (nSPS) is 10.8. The molecule has 0 amide bonds. The lowest BCUT2D eigenvalue weighted by atomic mass is 10.0. The molecule has 2 heterocycles. The molecular weight excluding hydrogens is 448 g/mol. The van der Waals surface area contributed by atoms with Crippen LogP contribution < -0.4 is 5.73 Å². The minimum Gasteiger partial charge on any atom is -0.366 e. The molecule has 0 aliphatic heterocycles. The van der Waals surface area contributed by atoms with Crippen molar-refractivity contribution in [2.24, 2.45) is 0 Å². The molecule has 0 radical (unpaired) electrons. The molecule has 34 heavy (non-hydrogen) atoms. The number of aromatic nitrogens is 5. The minimum atomic E-state index is -0.579. The summed E-state index contributed by atoms with van der Waals surface area (Å²) in [4.78, 5) is 50.4. The van der Waals surface area contributed by atoms with Gasteiger partial charge in [-0.05, 0) is 24.3 Å². The van der Waals surface area contributed by atoms with E-state index in [2.05, 4.69) is 20.3 Å². The van der Waals surface area contributed by atoms with Gasteiger partial charge >= 0.3 is 0 Å². The van der Waals surface area contributed by atoms with Gasteiger partial charge in [0.15, 0.2) is 11.6 Å². The molecule has 2 aromatic carbocycles. The third-order valence-corrected chi connectivity index (χ3v) is 4.89. The molecule has 0 aliphatic rings. The van der Waals surface area contributed by atoms with Crippen LogP contribution in [-0.4, -0.2) is 46.2 Å². The average Bonchev–Trinajstić information content (AvgIpc) is 3.18. The summed E-state index contributed by atoms with van der Waals surface area (Å²) in [6, 6.07) is 10.1. The van der Waals surface area contributed by atoms with Crippen molar-refractivity contribution < 1.29 is 19.4 Å². The summed E-state index contributed by atoms with van der Waals surface area (Å²) < 4.78 is 1.12. The Labute approximate surface area is 189 Å². The van der Waals surface area contributed by atoms with Crippen LogP contribution >= 0.6 is 0 Å². The molecule has 2 N–H and O–H groups in total. The smallest absolute Gasteiger partial charge is 0.273 e. The number of nitrogen functional groups attached to an aromatic ring is 1. The lowest BCUT2D eigenvalue weighted by Gasteiger charge is -2.08. The quantitative estimate of drug-likeness (QED) is 0.227. The molecule has 0 unspecified atom stereocenters. The van der Waals surface area contributed by atoms with E-state index in [4.69, 9.17) is 5.73 Å². The third-order valence-electron chi connectivity index (χ3n) is 4.89. The first kappa shape index (κ1) is 22.1. The van der Waals surface area contributed by atoms with Crippen LogP contribution in [0.2, 0.25) is 0 Å². The second kappa shape index (κ2) is 8.78. The molecule has 0 bridgehead atoms. The summed E-state index contributed by atoms with van der Waals surface area (Å²) in [5.74, 6) is -0.875. The molecule has 0 atom stereocenters. The summed E-state index contributed by atoms with van der Waals surface area (Å²) in [5.41, 5.74) is 6.11. The number of non-ortho nitro benzene ring substituents is 2. The van der Waals surface area contributed by atoms with Crippen LogP contribution in [0.3, 0.4) is 0 Å². The van der Waals surface area contributed by atoms with Crippen molar-refractivity contribution in [3.05, 3.63) is 91.3 Å². The maximum absolute atomic E-state index is 12.8. The van der Waals surface area contributed by atoms with Gasteiger partial charge in [0.25, 0.3) is 17.2 Å². The number of ketones is 2. The Balaban J connectivity index is 1.64. The monoisotopic (exact) mass is 462 g/mol. The maximum Gasteiger partial charge on any atom is 0.273 e. The lowest BCUT2D eigenvalue weighted by Crippen LogP contribution is -2.16.